The summed E-state index contributed by atoms with van der Waals surface area (Å²) in [6.07, 6.45) is -6.01. The number of carbonyl (C=O) groups excluding carboxylic acids is 1. The highest BCUT2D eigenvalue weighted by Crippen LogP contribution is 2.41. The van der Waals surface area contributed by atoms with E-state index in [0.717, 1.165) is 18.6 Å². The molecule has 122 valence electrons. The van der Waals surface area contributed by atoms with Crippen LogP contribution in [0.3, 0.4) is 0 Å². The Morgan fingerprint density at radius 1 is 1.27 bits per heavy atom. The number of amides is 1. The molecule has 0 saturated heterocycles. The molecule has 0 bridgehead atoms. The van der Waals surface area contributed by atoms with Gasteiger partial charge in [-0.15, -0.1) is 0 Å². The van der Waals surface area contributed by atoms with Crippen LogP contribution in [0, 0.1) is 0 Å². The Bertz CT molecular complexity index is 519. The molecule has 0 heterocycles. The van der Waals surface area contributed by atoms with E-state index in [1.165, 1.54) is 18.2 Å². The van der Waals surface area contributed by atoms with E-state index >= 15 is 0 Å². The zero-order chi connectivity index (χ0) is 16.4. The summed E-state index contributed by atoms with van der Waals surface area (Å²) in [6, 6.07) is 5.95. The highest BCUT2D eigenvalue weighted by atomic mass is 19.4. The van der Waals surface area contributed by atoms with Crippen molar-refractivity contribution in [2.75, 3.05) is 0 Å². The first-order valence-electron chi connectivity index (χ1n) is 6.75. The van der Waals surface area contributed by atoms with Crippen LogP contribution < -0.4 is 5.48 Å². The number of hydroxylamine groups is 1. The molecule has 8 heteroatoms. The Kier molecular flexibility index (Phi) is 4.74. The van der Waals surface area contributed by atoms with E-state index in [4.69, 9.17) is 4.84 Å². The van der Waals surface area contributed by atoms with E-state index in [-0.39, 0.29) is 6.10 Å². The topological polar surface area (TPSA) is 78.8 Å². The van der Waals surface area contributed by atoms with E-state index in [0.29, 0.717) is 12.8 Å². The zero-order valence-electron chi connectivity index (χ0n) is 11.5. The molecule has 2 rings (SSSR count). The maximum absolute atomic E-state index is 13.2. The summed E-state index contributed by atoms with van der Waals surface area (Å²) in [6.45, 7) is 0. The van der Waals surface area contributed by atoms with Gasteiger partial charge in [0.1, 0.15) is 0 Å². The van der Waals surface area contributed by atoms with E-state index in [1.54, 1.807) is 5.48 Å². The van der Waals surface area contributed by atoms with Gasteiger partial charge in [-0.2, -0.15) is 13.2 Å². The smallest absolute Gasteiger partial charge is 0.380 e. The SMILES string of the molecule is O=C(NOC1CCC1)C(O)C(O)(c1ccccc1)C(F)(F)F. The molecule has 0 aromatic heterocycles. The lowest BCUT2D eigenvalue weighted by atomic mass is 9.87. The van der Waals surface area contributed by atoms with Crippen LogP contribution in [-0.2, 0) is 15.2 Å². The third kappa shape index (κ3) is 3.08. The zero-order valence-corrected chi connectivity index (χ0v) is 11.5. The second-order valence-electron chi connectivity index (χ2n) is 5.17. The number of halogens is 3. The van der Waals surface area contributed by atoms with Gasteiger partial charge in [0.25, 0.3) is 5.91 Å². The fourth-order valence-electron chi connectivity index (χ4n) is 2.04. The first-order chi connectivity index (χ1) is 10.3. The summed E-state index contributed by atoms with van der Waals surface area (Å²) in [5.41, 5.74) is -2.57. The largest absolute Gasteiger partial charge is 0.424 e. The van der Waals surface area contributed by atoms with Gasteiger partial charge in [0, 0.05) is 0 Å². The molecule has 1 aromatic carbocycles. The molecule has 3 N–H and O–H groups in total. The van der Waals surface area contributed by atoms with E-state index < -0.39 is 29.4 Å². The molecular formula is C14H16F3NO4. The minimum absolute atomic E-state index is 0.271. The minimum atomic E-state index is -5.25. The van der Waals surface area contributed by atoms with Gasteiger partial charge >= 0.3 is 6.18 Å². The first-order valence-corrected chi connectivity index (χ1v) is 6.75. The molecule has 5 nitrogen and oxygen atoms in total. The quantitative estimate of drug-likeness (QED) is 0.717. The second-order valence-corrected chi connectivity index (χ2v) is 5.17. The monoisotopic (exact) mass is 319 g/mol. The summed E-state index contributed by atoms with van der Waals surface area (Å²) in [4.78, 5) is 16.6. The minimum Gasteiger partial charge on any atom is -0.380 e. The van der Waals surface area contributed by atoms with Gasteiger partial charge in [-0.25, -0.2) is 5.48 Å². The number of nitrogens with one attached hydrogen (secondary N) is 1. The molecular weight excluding hydrogens is 303 g/mol. The number of aliphatic hydroxyl groups excluding tert-OH is 1. The highest BCUT2D eigenvalue weighted by Gasteiger charge is 2.62. The molecule has 1 aliphatic carbocycles. The summed E-state index contributed by atoms with van der Waals surface area (Å²) >= 11 is 0. The van der Waals surface area contributed by atoms with Crippen molar-refractivity contribution >= 4 is 5.91 Å². The average molecular weight is 319 g/mol. The van der Waals surface area contributed by atoms with Gasteiger partial charge in [0.2, 0.25) is 5.60 Å². The molecule has 1 amide bonds. The lowest BCUT2D eigenvalue weighted by Gasteiger charge is -2.34. The molecule has 1 aliphatic rings. The van der Waals surface area contributed by atoms with Gasteiger partial charge in [0.05, 0.1) is 6.10 Å². The molecule has 2 unspecified atom stereocenters. The Labute approximate surface area is 124 Å². The van der Waals surface area contributed by atoms with Crippen LogP contribution >= 0.6 is 0 Å². The fraction of sp³-hybridized carbons (Fsp3) is 0.500. The lowest BCUT2D eigenvalue weighted by molar-refractivity contribution is -0.294. The highest BCUT2D eigenvalue weighted by molar-refractivity contribution is 5.81. The first kappa shape index (κ1) is 16.7. The second kappa shape index (κ2) is 6.23. The molecule has 22 heavy (non-hydrogen) atoms. The van der Waals surface area contributed by atoms with Crippen LogP contribution in [0.5, 0.6) is 0 Å². The van der Waals surface area contributed by atoms with Crippen molar-refractivity contribution < 1.29 is 33.0 Å². The van der Waals surface area contributed by atoms with Gasteiger partial charge < -0.3 is 10.2 Å². The van der Waals surface area contributed by atoms with Crippen LogP contribution in [0.4, 0.5) is 13.2 Å². The van der Waals surface area contributed by atoms with Crippen molar-refractivity contribution in [3.8, 4) is 0 Å². The number of alkyl halides is 3. The molecule has 0 aliphatic heterocycles. The number of rotatable bonds is 5. The Morgan fingerprint density at radius 3 is 2.32 bits per heavy atom. The van der Waals surface area contributed by atoms with E-state index in [2.05, 4.69) is 0 Å². The Hall–Kier alpha value is -1.64. The van der Waals surface area contributed by atoms with Gasteiger partial charge in [0.15, 0.2) is 6.10 Å². The van der Waals surface area contributed by atoms with Crippen LogP contribution in [0.15, 0.2) is 30.3 Å². The van der Waals surface area contributed by atoms with Crippen LogP contribution in [-0.4, -0.2) is 34.5 Å². The van der Waals surface area contributed by atoms with Crippen molar-refractivity contribution in [3.05, 3.63) is 35.9 Å². The van der Waals surface area contributed by atoms with Crippen LogP contribution in [0.1, 0.15) is 24.8 Å². The van der Waals surface area contributed by atoms with Gasteiger partial charge in [-0.1, -0.05) is 30.3 Å². The van der Waals surface area contributed by atoms with Gasteiger partial charge in [-0.3, -0.25) is 9.63 Å². The standard InChI is InChI=1S/C14H16F3NO4/c15-14(16,17)13(21,9-5-2-1-3-6-9)11(19)12(20)18-22-10-7-4-8-10/h1-3,5-6,10-11,19,21H,4,7-8H2,(H,18,20). The van der Waals surface area contributed by atoms with E-state index in [1.807, 2.05) is 0 Å². The summed E-state index contributed by atoms with van der Waals surface area (Å²) < 4.78 is 39.7. The van der Waals surface area contributed by atoms with Crippen molar-refractivity contribution in [1.82, 2.24) is 5.48 Å². The molecule has 1 fully saturated rings. The summed E-state index contributed by atoms with van der Waals surface area (Å²) in [5, 5.41) is 19.8. The molecule has 2 atom stereocenters. The number of hydrogen-bond donors (Lipinski definition) is 3. The molecule has 1 saturated carbocycles. The van der Waals surface area contributed by atoms with Crippen LogP contribution in [0.25, 0.3) is 0 Å². The number of aliphatic hydroxyl groups is 2. The third-order valence-electron chi connectivity index (χ3n) is 3.67. The predicted molar refractivity (Wildman–Crippen MR) is 69.3 cm³/mol. The maximum atomic E-state index is 13.2. The number of carbonyl (C=O) groups is 1. The predicted octanol–water partition coefficient (Wildman–Crippen LogP) is 1.40. The number of hydrogen-bond acceptors (Lipinski definition) is 4. The molecule has 1 aromatic rings. The summed E-state index contributed by atoms with van der Waals surface area (Å²) in [7, 11) is 0. The molecule has 0 spiro atoms. The lowest BCUT2D eigenvalue weighted by Crippen LogP contribution is -2.57. The van der Waals surface area contributed by atoms with Crippen molar-refractivity contribution in [2.24, 2.45) is 0 Å². The number of benzene rings is 1. The normalized spacial score (nSPS) is 19.9. The summed E-state index contributed by atoms with van der Waals surface area (Å²) in [5.74, 6) is -1.45. The maximum Gasteiger partial charge on any atom is 0.424 e. The fourth-order valence-corrected chi connectivity index (χ4v) is 2.04. The van der Waals surface area contributed by atoms with Gasteiger partial charge in [-0.05, 0) is 24.8 Å². The molecule has 0 radical (unpaired) electrons. The van der Waals surface area contributed by atoms with Crippen LogP contribution in [0.2, 0.25) is 0 Å². The van der Waals surface area contributed by atoms with Crippen molar-refractivity contribution in [1.29, 1.82) is 0 Å². The van der Waals surface area contributed by atoms with Crippen molar-refractivity contribution in [3.63, 3.8) is 0 Å². The van der Waals surface area contributed by atoms with Crippen molar-refractivity contribution in [2.45, 2.75) is 43.2 Å². The average Bonchev–Trinajstić information content (AvgIpc) is 2.43. The van der Waals surface area contributed by atoms with E-state index in [9.17, 15) is 28.2 Å². The Morgan fingerprint density at radius 2 is 1.86 bits per heavy atom. The third-order valence-corrected chi connectivity index (χ3v) is 3.67. The Balaban J connectivity index is 2.19.